The summed E-state index contributed by atoms with van der Waals surface area (Å²) in [6.45, 7) is 6.66. The van der Waals surface area contributed by atoms with E-state index in [1.54, 1.807) is 11.8 Å². The molecule has 0 saturated carbocycles. The molecule has 2 rings (SSSR count). The average Bonchev–Trinajstić information content (AvgIpc) is 2.71. The summed E-state index contributed by atoms with van der Waals surface area (Å²) < 4.78 is 0. The Hall–Kier alpha value is -2.40. The molecule has 0 bridgehead atoms. The molecule has 1 aliphatic carbocycles. The Morgan fingerprint density at radius 1 is 1.21 bits per heavy atom. The van der Waals surface area contributed by atoms with Crippen LogP contribution in [0.2, 0.25) is 0 Å². The van der Waals surface area contributed by atoms with Gasteiger partial charge in [0.15, 0.2) is 0 Å². The summed E-state index contributed by atoms with van der Waals surface area (Å²) in [6.07, 6.45) is 7.78. The molecule has 0 spiro atoms. The van der Waals surface area contributed by atoms with Crippen molar-refractivity contribution in [2.75, 3.05) is 6.54 Å². The predicted molar refractivity (Wildman–Crippen MR) is 116 cm³/mol. The van der Waals surface area contributed by atoms with Crippen LogP contribution in [-0.2, 0) is 16.1 Å². The van der Waals surface area contributed by atoms with Gasteiger partial charge in [0.05, 0.1) is 12.1 Å². The first-order chi connectivity index (χ1) is 13.9. The summed E-state index contributed by atoms with van der Waals surface area (Å²) in [7, 11) is 0. The van der Waals surface area contributed by atoms with E-state index in [9.17, 15) is 14.7 Å². The Bertz CT molecular complexity index is 725. The van der Waals surface area contributed by atoms with Crippen LogP contribution in [0.15, 0.2) is 54.1 Å². The molecule has 0 heterocycles. The molecule has 1 aromatic carbocycles. The summed E-state index contributed by atoms with van der Waals surface area (Å²) in [5.41, 5.74) is 1.81. The SMILES string of the molecule is CC(=O)N(CCC(O)[C@H](CC(C)C)NC(=O)C1=CC=CCC1)Cc1ccccc1. The van der Waals surface area contributed by atoms with Crippen molar-refractivity contribution in [1.82, 2.24) is 10.2 Å². The van der Waals surface area contributed by atoms with Crippen molar-refractivity contribution in [2.24, 2.45) is 5.92 Å². The number of hydrogen-bond acceptors (Lipinski definition) is 3. The first-order valence-corrected chi connectivity index (χ1v) is 10.5. The highest BCUT2D eigenvalue weighted by molar-refractivity contribution is 5.94. The van der Waals surface area contributed by atoms with Crippen molar-refractivity contribution < 1.29 is 14.7 Å². The second-order valence-corrected chi connectivity index (χ2v) is 8.15. The fraction of sp³-hybridized carbons (Fsp3) is 0.500. The number of allylic oxidation sites excluding steroid dienone is 3. The molecule has 5 nitrogen and oxygen atoms in total. The monoisotopic (exact) mass is 398 g/mol. The molecule has 0 radical (unpaired) electrons. The van der Waals surface area contributed by atoms with Gasteiger partial charge in [0, 0.05) is 25.6 Å². The molecule has 1 aliphatic rings. The maximum Gasteiger partial charge on any atom is 0.247 e. The fourth-order valence-electron chi connectivity index (χ4n) is 3.51. The number of nitrogens with zero attached hydrogens (tertiary/aromatic N) is 1. The molecule has 0 saturated heterocycles. The topological polar surface area (TPSA) is 69.6 Å². The molecular weight excluding hydrogens is 364 g/mol. The van der Waals surface area contributed by atoms with Crippen molar-refractivity contribution in [1.29, 1.82) is 0 Å². The highest BCUT2D eigenvalue weighted by atomic mass is 16.3. The maximum atomic E-state index is 12.6. The second-order valence-electron chi connectivity index (χ2n) is 8.15. The van der Waals surface area contributed by atoms with E-state index in [0.717, 1.165) is 24.0 Å². The van der Waals surface area contributed by atoms with Gasteiger partial charge in [-0.15, -0.1) is 0 Å². The molecule has 0 fully saturated rings. The van der Waals surface area contributed by atoms with Crippen LogP contribution in [0.3, 0.4) is 0 Å². The smallest absolute Gasteiger partial charge is 0.247 e. The molecule has 158 valence electrons. The zero-order valence-electron chi connectivity index (χ0n) is 17.8. The van der Waals surface area contributed by atoms with E-state index in [0.29, 0.717) is 31.8 Å². The van der Waals surface area contributed by atoms with Crippen LogP contribution in [-0.4, -0.2) is 40.5 Å². The maximum absolute atomic E-state index is 12.6. The van der Waals surface area contributed by atoms with Crippen LogP contribution in [0, 0.1) is 5.92 Å². The lowest BCUT2D eigenvalue weighted by atomic mass is 9.96. The Morgan fingerprint density at radius 3 is 2.52 bits per heavy atom. The zero-order valence-corrected chi connectivity index (χ0v) is 17.8. The second kappa shape index (κ2) is 11.6. The standard InChI is InChI=1S/C24H34N2O3/c1-18(2)16-22(25-24(29)21-12-8-5-9-13-21)23(28)14-15-26(19(3)27)17-20-10-6-4-7-11-20/h4-8,10-12,18,22-23,28H,9,13-17H2,1-3H3,(H,25,29)/t22-,23?/m0/s1. The number of aliphatic hydroxyl groups is 1. The molecule has 2 N–H and O–H groups in total. The van der Waals surface area contributed by atoms with Crippen molar-refractivity contribution in [3.63, 3.8) is 0 Å². The summed E-state index contributed by atoms with van der Waals surface area (Å²) in [5.74, 6) is 0.208. The van der Waals surface area contributed by atoms with Gasteiger partial charge in [0.2, 0.25) is 11.8 Å². The van der Waals surface area contributed by atoms with Crippen molar-refractivity contribution in [3.05, 3.63) is 59.7 Å². The number of nitrogens with one attached hydrogen (secondary N) is 1. The molecule has 1 unspecified atom stereocenters. The molecule has 1 aromatic rings. The van der Waals surface area contributed by atoms with Crippen LogP contribution in [0.1, 0.15) is 52.0 Å². The van der Waals surface area contributed by atoms with E-state index in [1.807, 2.05) is 48.6 Å². The van der Waals surface area contributed by atoms with Gasteiger partial charge < -0.3 is 15.3 Å². The Morgan fingerprint density at radius 2 is 1.93 bits per heavy atom. The minimum absolute atomic E-state index is 0.0235. The van der Waals surface area contributed by atoms with Gasteiger partial charge in [-0.3, -0.25) is 9.59 Å². The average molecular weight is 399 g/mol. The number of amides is 2. The summed E-state index contributed by atoms with van der Waals surface area (Å²) in [5, 5.41) is 13.8. The lowest BCUT2D eigenvalue weighted by Gasteiger charge is -2.29. The van der Waals surface area contributed by atoms with Gasteiger partial charge in [-0.1, -0.05) is 62.4 Å². The molecular formula is C24H34N2O3. The number of hydrogen-bond donors (Lipinski definition) is 2. The van der Waals surface area contributed by atoms with E-state index < -0.39 is 6.10 Å². The largest absolute Gasteiger partial charge is 0.391 e. The fourth-order valence-corrected chi connectivity index (χ4v) is 3.51. The zero-order chi connectivity index (χ0) is 21.2. The number of aliphatic hydroxyl groups excluding tert-OH is 1. The van der Waals surface area contributed by atoms with Gasteiger partial charge in [0.25, 0.3) is 0 Å². The van der Waals surface area contributed by atoms with Crippen LogP contribution < -0.4 is 5.32 Å². The Balaban J connectivity index is 1.97. The predicted octanol–water partition coefficient (Wildman–Crippen LogP) is 3.59. The first-order valence-electron chi connectivity index (χ1n) is 10.5. The number of carbonyl (C=O) groups is 2. The molecule has 29 heavy (non-hydrogen) atoms. The summed E-state index contributed by atoms with van der Waals surface area (Å²) in [6, 6.07) is 9.49. The van der Waals surface area contributed by atoms with Gasteiger partial charge in [-0.05, 0) is 37.2 Å². The Labute approximate surface area is 174 Å². The minimum Gasteiger partial charge on any atom is -0.391 e. The van der Waals surface area contributed by atoms with E-state index in [2.05, 4.69) is 19.2 Å². The first kappa shape index (κ1) is 22.9. The Kier molecular flexibility index (Phi) is 9.13. The van der Waals surface area contributed by atoms with Gasteiger partial charge in [-0.2, -0.15) is 0 Å². The number of rotatable bonds is 10. The van der Waals surface area contributed by atoms with Gasteiger partial charge in [0.1, 0.15) is 0 Å². The number of carbonyl (C=O) groups excluding carboxylic acids is 2. The molecule has 2 atom stereocenters. The van der Waals surface area contributed by atoms with E-state index >= 15 is 0 Å². The molecule has 2 amide bonds. The van der Waals surface area contributed by atoms with E-state index in [1.165, 1.54) is 0 Å². The third-order valence-electron chi connectivity index (χ3n) is 5.17. The third kappa shape index (κ3) is 7.86. The van der Waals surface area contributed by atoms with Crippen molar-refractivity contribution >= 4 is 11.8 Å². The lowest BCUT2D eigenvalue weighted by Crippen LogP contribution is -2.46. The van der Waals surface area contributed by atoms with Crippen molar-refractivity contribution in [2.45, 2.75) is 65.1 Å². The molecule has 0 aliphatic heterocycles. The van der Waals surface area contributed by atoms with E-state index in [4.69, 9.17) is 0 Å². The quantitative estimate of drug-likeness (QED) is 0.633. The molecule has 5 heteroatoms. The van der Waals surface area contributed by atoms with Crippen molar-refractivity contribution in [3.8, 4) is 0 Å². The third-order valence-corrected chi connectivity index (χ3v) is 5.17. The lowest BCUT2D eigenvalue weighted by molar-refractivity contribution is -0.130. The van der Waals surface area contributed by atoms with Crippen LogP contribution in [0.4, 0.5) is 0 Å². The van der Waals surface area contributed by atoms with Crippen LogP contribution >= 0.6 is 0 Å². The highest BCUT2D eigenvalue weighted by Crippen LogP contribution is 2.16. The summed E-state index contributed by atoms with van der Waals surface area (Å²) >= 11 is 0. The van der Waals surface area contributed by atoms with Gasteiger partial charge in [-0.25, -0.2) is 0 Å². The van der Waals surface area contributed by atoms with E-state index in [-0.39, 0.29) is 17.9 Å². The normalized spacial score (nSPS) is 15.6. The van der Waals surface area contributed by atoms with Crippen LogP contribution in [0.25, 0.3) is 0 Å². The minimum atomic E-state index is -0.710. The highest BCUT2D eigenvalue weighted by Gasteiger charge is 2.25. The van der Waals surface area contributed by atoms with Crippen LogP contribution in [0.5, 0.6) is 0 Å². The molecule has 0 aromatic heterocycles. The van der Waals surface area contributed by atoms with Gasteiger partial charge >= 0.3 is 0 Å². The number of benzene rings is 1. The summed E-state index contributed by atoms with van der Waals surface area (Å²) in [4.78, 5) is 26.4.